The van der Waals surface area contributed by atoms with Crippen LogP contribution in [0.5, 0.6) is 0 Å². The molecule has 0 aliphatic heterocycles. The number of carbonyl (C=O) groups is 1. The number of pyridine rings is 1. The molecule has 8 heteroatoms. The number of hydrogen-bond donors (Lipinski definition) is 1. The van der Waals surface area contributed by atoms with E-state index < -0.39 is 17.2 Å². The highest BCUT2D eigenvalue weighted by Crippen LogP contribution is 2.09. The second-order valence-electron chi connectivity index (χ2n) is 7.74. The maximum absolute atomic E-state index is 13.3. The van der Waals surface area contributed by atoms with Gasteiger partial charge in [-0.25, -0.2) is 4.79 Å². The normalized spacial score (nSPS) is 10.7. The van der Waals surface area contributed by atoms with Gasteiger partial charge < -0.3 is 5.32 Å². The predicted molar refractivity (Wildman–Crippen MR) is 125 cm³/mol. The fourth-order valence-corrected chi connectivity index (χ4v) is 3.45. The third-order valence-corrected chi connectivity index (χ3v) is 5.29. The highest BCUT2D eigenvalue weighted by Gasteiger charge is 2.21. The van der Waals surface area contributed by atoms with Gasteiger partial charge in [0.1, 0.15) is 0 Å². The lowest BCUT2D eigenvalue weighted by Gasteiger charge is -2.13. The molecule has 4 aromatic rings. The molecule has 0 atom stereocenters. The average molecular weight is 441 g/mol. The Morgan fingerprint density at radius 2 is 1.82 bits per heavy atom. The first-order valence-electron chi connectivity index (χ1n) is 10.5. The fraction of sp³-hybridized carbons (Fsp3) is 0.160. The summed E-state index contributed by atoms with van der Waals surface area (Å²) in [5, 5.41) is 6.86. The van der Waals surface area contributed by atoms with Gasteiger partial charge in [-0.1, -0.05) is 42.5 Å². The summed E-state index contributed by atoms with van der Waals surface area (Å²) in [6, 6.07) is 18.2. The van der Waals surface area contributed by atoms with E-state index in [1.807, 2.05) is 50.2 Å². The molecule has 0 fully saturated rings. The van der Waals surface area contributed by atoms with Gasteiger partial charge in [0, 0.05) is 18.9 Å². The number of nitrogens with one attached hydrogen (secondary N) is 1. The molecule has 0 radical (unpaired) electrons. The summed E-state index contributed by atoms with van der Waals surface area (Å²) in [6.45, 7) is 4.00. The third-order valence-electron chi connectivity index (χ3n) is 5.29. The lowest BCUT2D eigenvalue weighted by Crippen LogP contribution is -2.46. The molecule has 166 valence electrons. The number of amides is 1. The molecule has 33 heavy (non-hydrogen) atoms. The van der Waals surface area contributed by atoms with Crippen molar-refractivity contribution < 1.29 is 4.79 Å². The van der Waals surface area contributed by atoms with Crippen molar-refractivity contribution in [1.29, 1.82) is 0 Å². The van der Waals surface area contributed by atoms with Crippen LogP contribution in [-0.4, -0.2) is 25.2 Å². The lowest BCUT2D eigenvalue weighted by molar-refractivity contribution is 0.0941. The maximum atomic E-state index is 13.3. The summed E-state index contributed by atoms with van der Waals surface area (Å²) in [7, 11) is 0. The van der Waals surface area contributed by atoms with E-state index in [1.165, 1.54) is 0 Å². The van der Waals surface area contributed by atoms with Crippen LogP contribution in [-0.2, 0) is 13.1 Å². The van der Waals surface area contributed by atoms with Crippen LogP contribution in [0.2, 0.25) is 0 Å². The number of carbonyl (C=O) groups excluding carboxylic acids is 1. The Hall–Kier alpha value is -4.33. The zero-order valence-electron chi connectivity index (χ0n) is 18.4. The largest absolute Gasteiger partial charge is 0.352 e. The van der Waals surface area contributed by atoms with E-state index in [-0.39, 0.29) is 18.8 Å². The van der Waals surface area contributed by atoms with Crippen LogP contribution in [0.25, 0.3) is 5.69 Å². The van der Waals surface area contributed by atoms with Crippen LogP contribution in [0.4, 0.5) is 0 Å². The average Bonchev–Trinajstić information content (AvgIpc) is 2.82. The second-order valence-corrected chi connectivity index (χ2v) is 7.74. The van der Waals surface area contributed by atoms with Crippen molar-refractivity contribution in [3.63, 3.8) is 0 Å². The minimum Gasteiger partial charge on any atom is -0.346 e. The summed E-state index contributed by atoms with van der Waals surface area (Å²) in [6.07, 6.45) is 3.26. The number of aromatic nitrogens is 4. The predicted octanol–water partition coefficient (Wildman–Crippen LogP) is 2.38. The van der Waals surface area contributed by atoms with Crippen LogP contribution in [0, 0.1) is 13.8 Å². The van der Waals surface area contributed by atoms with E-state index in [4.69, 9.17) is 0 Å². The van der Waals surface area contributed by atoms with Crippen molar-refractivity contribution >= 4 is 5.91 Å². The van der Waals surface area contributed by atoms with Crippen molar-refractivity contribution in [3.05, 3.63) is 122 Å². The SMILES string of the molecule is Cc1cccc(-n2nc(C(=O)NCc3cccnc3)c(=O)n(Cc3ccccc3C)c2=O)c1. The van der Waals surface area contributed by atoms with Crippen molar-refractivity contribution in [2.75, 3.05) is 0 Å². The fourth-order valence-electron chi connectivity index (χ4n) is 3.45. The Labute approximate surface area is 190 Å². The first-order chi connectivity index (χ1) is 15.9. The van der Waals surface area contributed by atoms with Crippen LogP contribution >= 0.6 is 0 Å². The summed E-state index contributed by atoms with van der Waals surface area (Å²) in [4.78, 5) is 43.5. The molecular formula is C25H23N5O3. The van der Waals surface area contributed by atoms with Crippen LogP contribution in [0.15, 0.2) is 82.6 Å². The first-order valence-corrected chi connectivity index (χ1v) is 10.5. The molecule has 0 aliphatic rings. The molecule has 0 unspecified atom stereocenters. The second kappa shape index (κ2) is 9.44. The monoisotopic (exact) mass is 441 g/mol. The Morgan fingerprint density at radius 3 is 2.55 bits per heavy atom. The number of nitrogens with zero attached hydrogens (tertiary/aromatic N) is 4. The summed E-state index contributed by atoms with van der Waals surface area (Å²) < 4.78 is 2.16. The van der Waals surface area contributed by atoms with Gasteiger partial charge in [0.2, 0.25) is 5.69 Å². The molecule has 2 aromatic heterocycles. The summed E-state index contributed by atoms with van der Waals surface area (Å²) in [5.74, 6) is -0.663. The highest BCUT2D eigenvalue weighted by molar-refractivity contribution is 5.91. The van der Waals surface area contributed by atoms with Gasteiger partial charge in [0.05, 0.1) is 12.2 Å². The Bertz CT molecular complexity index is 1420. The van der Waals surface area contributed by atoms with E-state index >= 15 is 0 Å². The van der Waals surface area contributed by atoms with Crippen LogP contribution in [0.1, 0.15) is 32.7 Å². The summed E-state index contributed by atoms with van der Waals surface area (Å²) >= 11 is 0. The molecule has 2 heterocycles. The Morgan fingerprint density at radius 1 is 1.00 bits per heavy atom. The summed E-state index contributed by atoms with van der Waals surface area (Å²) in [5.41, 5.74) is 2.20. The Kier molecular flexibility index (Phi) is 6.26. The van der Waals surface area contributed by atoms with Crippen LogP contribution in [0.3, 0.4) is 0 Å². The number of benzene rings is 2. The van der Waals surface area contributed by atoms with Crippen LogP contribution < -0.4 is 16.6 Å². The van der Waals surface area contributed by atoms with Crippen molar-refractivity contribution in [1.82, 2.24) is 24.6 Å². The topological polar surface area (TPSA) is 98.9 Å². The minimum absolute atomic E-state index is 0.0293. The number of aryl methyl sites for hydroxylation is 2. The molecular weight excluding hydrogens is 418 g/mol. The highest BCUT2D eigenvalue weighted by atomic mass is 16.2. The Balaban J connectivity index is 1.80. The number of hydrogen-bond acceptors (Lipinski definition) is 5. The van der Waals surface area contributed by atoms with E-state index in [9.17, 15) is 14.4 Å². The molecule has 0 aliphatic carbocycles. The quantitative estimate of drug-likeness (QED) is 0.495. The van der Waals surface area contributed by atoms with Gasteiger partial charge in [0.25, 0.3) is 11.5 Å². The van der Waals surface area contributed by atoms with Gasteiger partial charge >= 0.3 is 5.69 Å². The van der Waals surface area contributed by atoms with Crippen molar-refractivity contribution in [2.45, 2.75) is 26.9 Å². The third kappa shape index (κ3) is 4.79. The molecule has 4 rings (SSSR count). The molecule has 1 amide bonds. The van der Waals surface area contributed by atoms with Gasteiger partial charge in [-0.2, -0.15) is 9.78 Å². The zero-order valence-corrected chi connectivity index (χ0v) is 18.4. The van der Waals surface area contributed by atoms with Gasteiger partial charge in [-0.05, 0) is 54.3 Å². The standard InChI is InChI=1S/C25H23N5O3/c1-17-7-5-11-21(13-17)30-25(33)29(16-20-10-4-3-8-18(20)2)24(32)22(28-30)23(31)27-15-19-9-6-12-26-14-19/h3-14H,15-16H2,1-2H3,(H,27,31). The van der Waals surface area contributed by atoms with Gasteiger partial charge in [-0.3, -0.25) is 19.1 Å². The molecule has 0 spiro atoms. The van der Waals surface area contributed by atoms with E-state index in [0.717, 1.165) is 31.5 Å². The first kappa shape index (κ1) is 21.9. The molecule has 8 nitrogen and oxygen atoms in total. The van der Waals surface area contributed by atoms with Crippen molar-refractivity contribution in [3.8, 4) is 5.69 Å². The van der Waals surface area contributed by atoms with Gasteiger partial charge in [-0.15, -0.1) is 0 Å². The van der Waals surface area contributed by atoms with Gasteiger partial charge in [0.15, 0.2) is 0 Å². The molecule has 0 saturated carbocycles. The smallest absolute Gasteiger partial charge is 0.346 e. The lowest BCUT2D eigenvalue weighted by atomic mass is 10.1. The number of rotatable bonds is 6. The van der Waals surface area contributed by atoms with E-state index in [1.54, 1.807) is 36.7 Å². The zero-order chi connectivity index (χ0) is 23.4. The molecule has 2 aromatic carbocycles. The maximum Gasteiger partial charge on any atom is 0.352 e. The van der Waals surface area contributed by atoms with E-state index in [2.05, 4.69) is 15.4 Å². The molecule has 0 saturated heterocycles. The van der Waals surface area contributed by atoms with Crippen molar-refractivity contribution in [2.24, 2.45) is 0 Å². The molecule has 1 N–H and O–H groups in total. The molecule has 0 bridgehead atoms. The van der Waals surface area contributed by atoms with E-state index in [0.29, 0.717) is 5.69 Å². The minimum atomic E-state index is -0.740.